The number of hydrogen-bond acceptors (Lipinski definition) is 4. The number of nitrogens with two attached hydrogens (primary N) is 1. The van der Waals surface area contributed by atoms with Crippen LogP contribution in [0.15, 0.2) is 22.7 Å². The maximum atomic E-state index is 5.86. The number of halogens is 1. The van der Waals surface area contributed by atoms with Crippen LogP contribution in [0.4, 0.5) is 5.69 Å². The lowest BCUT2D eigenvalue weighted by Crippen LogP contribution is -2.08. The van der Waals surface area contributed by atoms with Gasteiger partial charge in [0.2, 0.25) is 0 Å². The molecule has 0 amide bonds. The van der Waals surface area contributed by atoms with Crippen molar-refractivity contribution in [3.8, 4) is 11.4 Å². The molecule has 2 aromatic rings. The van der Waals surface area contributed by atoms with E-state index in [1.807, 2.05) is 22.9 Å². The number of aromatic nitrogens is 4. The first-order valence-electron chi connectivity index (χ1n) is 6.08. The van der Waals surface area contributed by atoms with Gasteiger partial charge in [-0.3, -0.25) is 0 Å². The van der Waals surface area contributed by atoms with Crippen LogP contribution in [0, 0.1) is 0 Å². The lowest BCUT2D eigenvalue weighted by atomic mass is 10.1. The van der Waals surface area contributed by atoms with Crippen molar-refractivity contribution in [2.45, 2.75) is 31.7 Å². The third-order valence-electron chi connectivity index (χ3n) is 3.34. The van der Waals surface area contributed by atoms with Gasteiger partial charge < -0.3 is 5.73 Å². The Bertz CT molecular complexity index is 539. The van der Waals surface area contributed by atoms with Gasteiger partial charge >= 0.3 is 0 Å². The van der Waals surface area contributed by atoms with Gasteiger partial charge in [0.1, 0.15) is 0 Å². The van der Waals surface area contributed by atoms with E-state index in [0.717, 1.165) is 28.7 Å². The summed E-state index contributed by atoms with van der Waals surface area (Å²) in [6.45, 7) is 0. The standard InChI is InChI=1S/C12H14BrN5/c13-9-5-8(6-10(14)7-9)12-15-16-17-18(12)11-3-1-2-4-11/h5-7,11H,1-4,14H2. The second kappa shape index (κ2) is 4.68. The highest BCUT2D eigenvalue weighted by Crippen LogP contribution is 2.32. The van der Waals surface area contributed by atoms with Gasteiger partial charge in [-0.2, -0.15) is 0 Å². The summed E-state index contributed by atoms with van der Waals surface area (Å²) in [7, 11) is 0. The van der Waals surface area contributed by atoms with Crippen LogP contribution < -0.4 is 5.73 Å². The van der Waals surface area contributed by atoms with E-state index in [-0.39, 0.29) is 0 Å². The first-order chi connectivity index (χ1) is 8.74. The molecule has 0 bridgehead atoms. The molecule has 2 N–H and O–H groups in total. The van der Waals surface area contributed by atoms with Crippen molar-refractivity contribution in [3.63, 3.8) is 0 Å². The van der Waals surface area contributed by atoms with E-state index in [9.17, 15) is 0 Å². The molecule has 1 aliphatic rings. The third-order valence-corrected chi connectivity index (χ3v) is 3.80. The highest BCUT2D eigenvalue weighted by Gasteiger charge is 2.22. The van der Waals surface area contributed by atoms with Crippen molar-refractivity contribution in [3.05, 3.63) is 22.7 Å². The fourth-order valence-corrected chi connectivity index (χ4v) is 3.03. The Morgan fingerprint density at radius 2 is 2.00 bits per heavy atom. The highest BCUT2D eigenvalue weighted by molar-refractivity contribution is 9.10. The molecule has 1 fully saturated rings. The van der Waals surface area contributed by atoms with Crippen LogP contribution in [0.25, 0.3) is 11.4 Å². The van der Waals surface area contributed by atoms with Gasteiger partial charge in [-0.15, -0.1) is 5.10 Å². The molecular weight excluding hydrogens is 294 g/mol. The van der Waals surface area contributed by atoms with Crippen LogP contribution in [0.5, 0.6) is 0 Å². The quantitative estimate of drug-likeness (QED) is 0.866. The van der Waals surface area contributed by atoms with Crippen molar-refractivity contribution >= 4 is 21.6 Å². The van der Waals surface area contributed by atoms with Gasteiger partial charge in [0, 0.05) is 15.7 Å². The molecule has 3 rings (SSSR count). The van der Waals surface area contributed by atoms with E-state index in [1.54, 1.807) is 0 Å². The number of hydrogen-bond donors (Lipinski definition) is 1. The minimum atomic E-state index is 0.426. The lowest BCUT2D eigenvalue weighted by molar-refractivity contribution is 0.458. The summed E-state index contributed by atoms with van der Waals surface area (Å²) in [6, 6.07) is 6.19. The Kier molecular flexibility index (Phi) is 3.03. The molecular formula is C12H14BrN5. The number of tetrazole rings is 1. The predicted octanol–water partition coefficient (Wildman–Crippen LogP) is 2.80. The Morgan fingerprint density at radius 3 is 2.72 bits per heavy atom. The van der Waals surface area contributed by atoms with E-state index in [1.165, 1.54) is 12.8 Å². The van der Waals surface area contributed by atoms with Gasteiger partial charge in [-0.05, 0) is 41.5 Å². The zero-order chi connectivity index (χ0) is 12.5. The molecule has 1 saturated carbocycles. The fourth-order valence-electron chi connectivity index (χ4n) is 2.52. The van der Waals surface area contributed by atoms with Crippen LogP contribution >= 0.6 is 15.9 Å². The molecule has 18 heavy (non-hydrogen) atoms. The number of anilines is 1. The van der Waals surface area contributed by atoms with E-state index in [2.05, 4.69) is 31.5 Å². The van der Waals surface area contributed by atoms with E-state index in [4.69, 9.17) is 5.73 Å². The molecule has 6 heteroatoms. The number of rotatable bonds is 2. The Hall–Kier alpha value is -1.43. The number of nitrogens with zero attached hydrogens (tertiary/aromatic N) is 4. The zero-order valence-corrected chi connectivity index (χ0v) is 11.5. The second-order valence-electron chi connectivity index (χ2n) is 4.66. The second-order valence-corrected chi connectivity index (χ2v) is 5.57. The zero-order valence-electron chi connectivity index (χ0n) is 9.88. The minimum absolute atomic E-state index is 0.426. The topological polar surface area (TPSA) is 69.6 Å². The van der Waals surface area contributed by atoms with Crippen molar-refractivity contribution in [1.82, 2.24) is 20.2 Å². The summed E-state index contributed by atoms with van der Waals surface area (Å²) < 4.78 is 2.88. The van der Waals surface area contributed by atoms with Gasteiger partial charge in [-0.1, -0.05) is 28.8 Å². The summed E-state index contributed by atoms with van der Waals surface area (Å²) in [4.78, 5) is 0. The lowest BCUT2D eigenvalue weighted by Gasteiger charge is -2.11. The van der Waals surface area contributed by atoms with Crippen molar-refractivity contribution in [2.75, 3.05) is 5.73 Å². The Morgan fingerprint density at radius 1 is 1.22 bits per heavy atom. The van der Waals surface area contributed by atoms with Crippen molar-refractivity contribution in [2.24, 2.45) is 0 Å². The summed E-state index contributed by atoms with van der Waals surface area (Å²) in [5.41, 5.74) is 7.53. The first-order valence-corrected chi connectivity index (χ1v) is 6.87. The molecule has 0 radical (unpaired) electrons. The van der Waals surface area contributed by atoms with Gasteiger partial charge in [0.25, 0.3) is 0 Å². The average Bonchev–Trinajstić information content (AvgIpc) is 2.98. The summed E-state index contributed by atoms with van der Waals surface area (Å²) >= 11 is 3.45. The van der Waals surface area contributed by atoms with Crippen LogP contribution in [0.1, 0.15) is 31.7 Å². The molecule has 0 unspecified atom stereocenters. The van der Waals surface area contributed by atoms with Crippen molar-refractivity contribution in [1.29, 1.82) is 0 Å². The van der Waals surface area contributed by atoms with Crippen molar-refractivity contribution < 1.29 is 0 Å². The fraction of sp³-hybridized carbons (Fsp3) is 0.417. The first kappa shape index (κ1) is 11.6. The smallest absolute Gasteiger partial charge is 0.182 e. The van der Waals surface area contributed by atoms with Gasteiger partial charge in [-0.25, -0.2) is 4.68 Å². The average molecular weight is 308 g/mol. The summed E-state index contributed by atoms with van der Waals surface area (Å²) in [5, 5.41) is 12.1. The maximum Gasteiger partial charge on any atom is 0.182 e. The van der Waals surface area contributed by atoms with Gasteiger partial charge in [0.05, 0.1) is 6.04 Å². The number of nitrogen functional groups attached to an aromatic ring is 1. The molecule has 5 nitrogen and oxygen atoms in total. The van der Waals surface area contributed by atoms with Crippen LogP contribution in [-0.4, -0.2) is 20.2 Å². The Balaban J connectivity index is 2.03. The van der Waals surface area contributed by atoms with Gasteiger partial charge in [0.15, 0.2) is 5.82 Å². The molecule has 1 heterocycles. The van der Waals surface area contributed by atoms with E-state index >= 15 is 0 Å². The predicted molar refractivity (Wildman–Crippen MR) is 72.9 cm³/mol. The highest BCUT2D eigenvalue weighted by atomic mass is 79.9. The molecule has 1 aliphatic carbocycles. The van der Waals surface area contributed by atoms with Crippen LogP contribution in [0.3, 0.4) is 0 Å². The molecule has 1 aromatic heterocycles. The molecule has 0 spiro atoms. The summed E-state index contributed by atoms with van der Waals surface area (Å²) in [6.07, 6.45) is 4.82. The normalized spacial score (nSPS) is 16.3. The molecule has 94 valence electrons. The SMILES string of the molecule is Nc1cc(Br)cc(-c2nnnn2C2CCCC2)c1. The largest absolute Gasteiger partial charge is 0.399 e. The molecule has 0 saturated heterocycles. The molecule has 0 atom stereocenters. The van der Waals surface area contributed by atoms with E-state index < -0.39 is 0 Å². The number of benzene rings is 1. The summed E-state index contributed by atoms with van der Waals surface area (Å²) in [5.74, 6) is 0.801. The third kappa shape index (κ3) is 2.12. The van der Waals surface area contributed by atoms with E-state index in [0.29, 0.717) is 11.7 Å². The molecule has 0 aliphatic heterocycles. The monoisotopic (exact) mass is 307 g/mol. The maximum absolute atomic E-state index is 5.86. The van der Waals surface area contributed by atoms with Crippen LogP contribution in [0.2, 0.25) is 0 Å². The molecule has 1 aromatic carbocycles. The minimum Gasteiger partial charge on any atom is -0.399 e. The van der Waals surface area contributed by atoms with Crippen LogP contribution in [-0.2, 0) is 0 Å². The Labute approximate surface area is 113 Å².